The zero-order valence-electron chi connectivity index (χ0n) is 11.3. The normalized spacial score (nSPS) is 11.1. The van der Waals surface area contributed by atoms with Crippen molar-refractivity contribution in [1.82, 2.24) is 14.9 Å². The molecule has 7 heteroatoms. The van der Waals surface area contributed by atoms with Gasteiger partial charge in [-0.3, -0.25) is 0 Å². The van der Waals surface area contributed by atoms with Gasteiger partial charge in [0.05, 0.1) is 11.2 Å². The molecule has 0 fully saturated rings. The number of hydrogen-bond donors (Lipinski definition) is 2. The highest BCUT2D eigenvalue weighted by Gasteiger charge is 2.10. The van der Waals surface area contributed by atoms with Crippen molar-refractivity contribution in [2.75, 3.05) is 0 Å². The van der Waals surface area contributed by atoms with Crippen molar-refractivity contribution in [1.29, 1.82) is 0 Å². The highest BCUT2D eigenvalue weighted by Crippen LogP contribution is 2.25. The van der Waals surface area contributed by atoms with Crippen LogP contribution in [0.2, 0.25) is 5.02 Å². The van der Waals surface area contributed by atoms with Gasteiger partial charge < -0.3 is 5.11 Å². The van der Waals surface area contributed by atoms with Gasteiger partial charge >= 0.3 is 0 Å². The van der Waals surface area contributed by atoms with E-state index in [0.717, 1.165) is 11.1 Å². The monoisotopic (exact) mass is 330 g/mol. The van der Waals surface area contributed by atoms with Crippen molar-refractivity contribution in [2.45, 2.75) is 0 Å². The fourth-order valence-corrected chi connectivity index (χ4v) is 2.30. The van der Waals surface area contributed by atoms with Crippen molar-refractivity contribution in [3.8, 4) is 17.1 Å². The Morgan fingerprint density at radius 2 is 1.91 bits per heavy atom. The van der Waals surface area contributed by atoms with E-state index in [2.05, 4.69) is 15.3 Å². The number of rotatable bonds is 3. The van der Waals surface area contributed by atoms with Gasteiger partial charge in [0, 0.05) is 5.56 Å². The van der Waals surface area contributed by atoms with Crippen molar-refractivity contribution < 1.29 is 5.11 Å². The Hall–Kier alpha value is -2.44. The molecule has 3 rings (SSSR count). The molecule has 1 aromatic heterocycles. The van der Waals surface area contributed by atoms with E-state index in [0.29, 0.717) is 15.6 Å². The molecule has 2 aromatic carbocycles. The fraction of sp³-hybridized carbons (Fsp3) is 0. The molecule has 2 N–H and O–H groups in total. The third kappa shape index (κ3) is 2.93. The molecule has 1 heterocycles. The first-order valence-corrected chi connectivity index (χ1v) is 7.19. The third-order valence-electron chi connectivity index (χ3n) is 2.98. The first kappa shape index (κ1) is 14.5. The highest BCUT2D eigenvalue weighted by atomic mass is 35.5. The molecule has 0 saturated heterocycles. The molecule has 0 aliphatic rings. The second-order valence-electron chi connectivity index (χ2n) is 4.48. The maximum absolute atomic E-state index is 9.28. The van der Waals surface area contributed by atoms with Gasteiger partial charge in [-0.1, -0.05) is 23.7 Å². The molecule has 0 aliphatic heterocycles. The largest absolute Gasteiger partial charge is 0.508 e. The minimum Gasteiger partial charge on any atom is -0.508 e. The van der Waals surface area contributed by atoms with Gasteiger partial charge in [0.15, 0.2) is 5.82 Å². The summed E-state index contributed by atoms with van der Waals surface area (Å²) < 4.78 is 1.87. The summed E-state index contributed by atoms with van der Waals surface area (Å²) in [7, 11) is 0. The van der Waals surface area contributed by atoms with Crippen LogP contribution < -0.4 is 0 Å². The van der Waals surface area contributed by atoms with E-state index in [1.165, 1.54) is 4.68 Å². The molecule has 0 unspecified atom stereocenters. The smallest absolute Gasteiger partial charge is 0.216 e. The number of aromatic nitrogens is 3. The number of benzene rings is 2. The Morgan fingerprint density at radius 3 is 2.64 bits per heavy atom. The van der Waals surface area contributed by atoms with Crippen molar-refractivity contribution in [2.24, 2.45) is 5.10 Å². The average molecular weight is 331 g/mol. The van der Waals surface area contributed by atoms with E-state index in [4.69, 9.17) is 23.8 Å². The van der Waals surface area contributed by atoms with E-state index in [-0.39, 0.29) is 5.75 Å². The number of nitrogens with one attached hydrogen (secondary N) is 1. The van der Waals surface area contributed by atoms with Crippen LogP contribution in [0.3, 0.4) is 0 Å². The number of hydrogen-bond acceptors (Lipinski definition) is 4. The molecule has 0 saturated carbocycles. The zero-order valence-corrected chi connectivity index (χ0v) is 12.8. The van der Waals surface area contributed by atoms with Crippen LogP contribution in [0.1, 0.15) is 5.56 Å². The zero-order chi connectivity index (χ0) is 15.5. The van der Waals surface area contributed by atoms with Crippen LogP contribution in [0.15, 0.2) is 53.6 Å². The third-order valence-corrected chi connectivity index (χ3v) is 3.57. The summed E-state index contributed by atoms with van der Waals surface area (Å²) in [6.07, 6.45) is 1.63. The number of phenolic OH excluding ortho intramolecular Hbond substituents is 1. The minimum absolute atomic E-state index is 0.203. The number of aromatic amines is 1. The van der Waals surface area contributed by atoms with Crippen LogP contribution >= 0.6 is 23.8 Å². The van der Waals surface area contributed by atoms with Crippen LogP contribution in [-0.4, -0.2) is 26.2 Å². The first-order chi connectivity index (χ1) is 10.6. The quantitative estimate of drug-likeness (QED) is 0.566. The number of nitrogens with zero attached hydrogens (tertiary/aromatic N) is 3. The van der Waals surface area contributed by atoms with E-state index in [1.54, 1.807) is 36.5 Å². The summed E-state index contributed by atoms with van der Waals surface area (Å²) in [5, 5.41) is 21.1. The number of phenols is 1. The van der Waals surface area contributed by atoms with Crippen LogP contribution in [0.25, 0.3) is 11.4 Å². The molecule has 0 bridgehead atoms. The van der Waals surface area contributed by atoms with Gasteiger partial charge in [0.2, 0.25) is 4.77 Å². The van der Waals surface area contributed by atoms with Crippen molar-refractivity contribution in [3.63, 3.8) is 0 Å². The molecule has 0 atom stereocenters. The predicted octanol–water partition coefficient (Wildman–Crippen LogP) is 3.85. The summed E-state index contributed by atoms with van der Waals surface area (Å²) >= 11 is 11.4. The molecule has 0 radical (unpaired) electrons. The Kier molecular flexibility index (Phi) is 4.04. The summed E-state index contributed by atoms with van der Waals surface area (Å²) in [5.74, 6) is 0.736. The molecule has 0 aliphatic carbocycles. The fourth-order valence-electron chi connectivity index (χ4n) is 1.90. The lowest BCUT2D eigenvalue weighted by Gasteiger charge is -2.03. The number of halogens is 1. The lowest BCUT2D eigenvalue weighted by atomic mass is 10.2. The number of H-pyrrole nitrogens is 1. The lowest BCUT2D eigenvalue weighted by molar-refractivity contribution is 0.475. The second kappa shape index (κ2) is 6.13. The van der Waals surface area contributed by atoms with Crippen LogP contribution in [-0.2, 0) is 0 Å². The summed E-state index contributed by atoms with van der Waals surface area (Å²) in [5.41, 5.74) is 1.56. The molecule has 5 nitrogen and oxygen atoms in total. The van der Waals surface area contributed by atoms with Gasteiger partial charge in [0.25, 0.3) is 0 Å². The van der Waals surface area contributed by atoms with Crippen LogP contribution in [0, 0.1) is 4.77 Å². The second-order valence-corrected chi connectivity index (χ2v) is 5.27. The van der Waals surface area contributed by atoms with E-state index >= 15 is 0 Å². The van der Waals surface area contributed by atoms with Gasteiger partial charge in [0.1, 0.15) is 5.75 Å². The van der Waals surface area contributed by atoms with Crippen molar-refractivity contribution in [3.05, 3.63) is 63.9 Å². The van der Waals surface area contributed by atoms with Gasteiger partial charge in [-0.2, -0.15) is 14.9 Å². The van der Waals surface area contributed by atoms with Crippen LogP contribution in [0.4, 0.5) is 0 Å². The Balaban J connectivity index is 2.02. The number of aromatic hydroxyl groups is 1. The molecular weight excluding hydrogens is 320 g/mol. The molecule has 3 aromatic rings. The SMILES string of the molecule is Oc1ccc(C=Nn2c(-c3ccccc3Cl)n[nH]c2=S)cc1. The summed E-state index contributed by atoms with van der Waals surface area (Å²) in [4.78, 5) is 0. The summed E-state index contributed by atoms with van der Waals surface area (Å²) in [6, 6.07) is 14.0. The highest BCUT2D eigenvalue weighted by molar-refractivity contribution is 7.71. The van der Waals surface area contributed by atoms with E-state index < -0.39 is 0 Å². The molecule has 22 heavy (non-hydrogen) atoms. The molecular formula is C15H11ClN4OS. The molecule has 0 spiro atoms. The Morgan fingerprint density at radius 1 is 1.18 bits per heavy atom. The van der Waals surface area contributed by atoms with E-state index in [9.17, 15) is 5.11 Å². The molecule has 110 valence electrons. The van der Waals surface area contributed by atoms with E-state index in [1.807, 2.05) is 18.2 Å². The lowest BCUT2D eigenvalue weighted by Crippen LogP contribution is -1.95. The standard InChI is InChI=1S/C15H11ClN4OS/c16-13-4-2-1-3-12(13)14-18-19-15(22)20(14)17-9-10-5-7-11(21)8-6-10/h1-9,21H,(H,19,22). The molecule has 0 amide bonds. The summed E-state index contributed by atoms with van der Waals surface area (Å²) in [6.45, 7) is 0. The minimum atomic E-state index is 0.203. The van der Waals surface area contributed by atoms with Crippen molar-refractivity contribution >= 4 is 30.0 Å². The first-order valence-electron chi connectivity index (χ1n) is 6.41. The topological polar surface area (TPSA) is 66.2 Å². The average Bonchev–Trinajstić information content (AvgIpc) is 2.88. The maximum atomic E-state index is 9.28. The predicted molar refractivity (Wildman–Crippen MR) is 89.0 cm³/mol. The van der Waals surface area contributed by atoms with Gasteiger partial charge in [-0.25, -0.2) is 5.10 Å². The van der Waals surface area contributed by atoms with Gasteiger partial charge in [-0.15, -0.1) is 0 Å². The Bertz CT molecular complexity index is 883. The maximum Gasteiger partial charge on any atom is 0.216 e. The van der Waals surface area contributed by atoms with Crippen LogP contribution in [0.5, 0.6) is 5.75 Å². The van der Waals surface area contributed by atoms with Gasteiger partial charge in [-0.05, 0) is 54.2 Å². The Labute approximate surface area is 136 Å².